The Hall–Kier alpha value is -0.120. The van der Waals surface area contributed by atoms with Gasteiger partial charge in [0.15, 0.2) is 0 Å². The topological polar surface area (TPSA) is 30.5 Å². The van der Waals surface area contributed by atoms with E-state index in [1.165, 1.54) is 12.8 Å². The van der Waals surface area contributed by atoms with Gasteiger partial charge >= 0.3 is 0 Å². The first-order valence-corrected chi connectivity index (χ1v) is 7.21. The van der Waals surface area contributed by atoms with Crippen LogP contribution in [0.5, 0.6) is 0 Å². The molecule has 1 aliphatic carbocycles. The zero-order valence-electron chi connectivity index (χ0n) is 12.8. The number of hydrogen-bond acceptors (Lipinski definition) is 3. The molecule has 0 spiro atoms. The van der Waals surface area contributed by atoms with E-state index in [4.69, 9.17) is 9.47 Å². The fourth-order valence-electron chi connectivity index (χ4n) is 2.36. The number of methoxy groups -OCH3 is 1. The standard InChI is InChI=1S/C15H31NO2/c1-14(2,3)18-10-8-15(4,13-6-7-13)12-16-9-11-17-5/h13,16H,6-12H2,1-5H3. The van der Waals surface area contributed by atoms with Crippen molar-refractivity contribution in [3.63, 3.8) is 0 Å². The molecule has 0 heterocycles. The molecule has 1 atom stereocenters. The lowest BCUT2D eigenvalue weighted by Crippen LogP contribution is -2.37. The van der Waals surface area contributed by atoms with Crippen LogP contribution in [0.4, 0.5) is 0 Å². The molecule has 1 unspecified atom stereocenters. The van der Waals surface area contributed by atoms with E-state index in [1.807, 2.05) is 0 Å². The molecule has 3 heteroatoms. The first-order chi connectivity index (χ1) is 8.37. The fourth-order valence-corrected chi connectivity index (χ4v) is 2.36. The van der Waals surface area contributed by atoms with E-state index in [1.54, 1.807) is 7.11 Å². The average Bonchev–Trinajstić information content (AvgIpc) is 3.06. The second-order valence-corrected chi connectivity index (χ2v) is 6.81. The van der Waals surface area contributed by atoms with Crippen LogP contribution in [0.3, 0.4) is 0 Å². The van der Waals surface area contributed by atoms with Gasteiger partial charge in [0.05, 0.1) is 12.2 Å². The van der Waals surface area contributed by atoms with Crippen LogP contribution in [0.25, 0.3) is 0 Å². The van der Waals surface area contributed by atoms with Crippen LogP contribution < -0.4 is 5.32 Å². The third-order valence-electron chi connectivity index (χ3n) is 3.78. The van der Waals surface area contributed by atoms with Crippen molar-refractivity contribution in [1.29, 1.82) is 0 Å². The Bertz CT molecular complexity index is 233. The van der Waals surface area contributed by atoms with Gasteiger partial charge in [0.25, 0.3) is 0 Å². The third kappa shape index (κ3) is 6.17. The first-order valence-electron chi connectivity index (χ1n) is 7.21. The number of ether oxygens (including phenoxy) is 2. The van der Waals surface area contributed by atoms with Crippen molar-refractivity contribution in [2.45, 2.75) is 52.6 Å². The lowest BCUT2D eigenvalue weighted by molar-refractivity contribution is -0.0196. The second kappa shape index (κ2) is 6.88. The van der Waals surface area contributed by atoms with E-state index in [2.05, 4.69) is 33.0 Å². The minimum absolute atomic E-state index is 0.0199. The predicted octanol–water partition coefficient (Wildman–Crippen LogP) is 2.84. The van der Waals surface area contributed by atoms with E-state index >= 15 is 0 Å². The SMILES string of the molecule is COCCNCC(C)(CCOC(C)(C)C)C1CC1. The Morgan fingerprint density at radius 2 is 1.78 bits per heavy atom. The Morgan fingerprint density at radius 1 is 1.11 bits per heavy atom. The Morgan fingerprint density at radius 3 is 2.28 bits per heavy atom. The molecule has 1 saturated carbocycles. The van der Waals surface area contributed by atoms with Crippen LogP contribution in [0, 0.1) is 11.3 Å². The summed E-state index contributed by atoms with van der Waals surface area (Å²) in [5.41, 5.74) is 0.368. The van der Waals surface area contributed by atoms with Gasteiger partial charge in [0.1, 0.15) is 0 Å². The molecule has 0 radical (unpaired) electrons. The van der Waals surface area contributed by atoms with Gasteiger partial charge in [-0.25, -0.2) is 0 Å². The molecule has 0 aliphatic heterocycles. The minimum Gasteiger partial charge on any atom is -0.383 e. The molecule has 3 nitrogen and oxygen atoms in total. The second-order valence-electron chi connectivity index (χ2n) is 6.81. The summed E-state index contributed by atoms with van der Waals surface area (Å²) in [5, 5.41) is 3.52. The summed E-state index contributed by atoms with van der Waals surface area (Å²) >= 11 is 0. The molecule has 18 heavy (non-hydrogen) atoms. The van der Waals surface area contributed by atoms with E-state index in [0.717, 1.165) is 38.6 Å². The number of rotatable bonds is 9. The van der Waals surface area contributed by atoms with E-state index < -0.39 is 0 Å². The molecule has 1 N–H and O–H groups in total. The molecule has 0 saturated heterocycles. The van der Waals surface area contributed by atoms with Crippen LogP contribution in [0.1, 0.15) is 47.0 Å². The molecule has 0 aromatic carbocycles. The molecule has 1 rings (SSSR count). The maximum atomic E-state index is 5.88. The Labute approximate surface area is 113 Å². The smallest absolute Gasteiger partial charge is 0.0598 e. The van der Waals surface area contributed by atoms with E-state index in [9.17, 15) is 0 Å². The monoisotopic (exact) mass is 257 g/mol. The number of hydrogen-bond donors (Lipinski definition) is 1. The highest BCUT2D eigenvalue weighted by Gasteiger charge is 2.40. The van der Waals surface area contributed by atoms with Gasteiger partial charge in [-0.2, -0.15) is 0 Å². The van der Waals surface area contributed by atoms with Crippen molar-refractivity contribution >= 4 is 0 Å². The van der Waals surface area contributed by atoms with Crippen LogP contribution >= 0.6 is 0 Å². The summed E-state index contributed by atoms with van der Waals surface area (Å²) in [4.78, 5) is 0. The predicted molar refractivity (Wildman–Crippen MR) is 75.9 cm³/mol. The highest BCUT2D eigenvalue weighted by molar-refractivity contribution is 4.92. The van der Waals surface area contributed by atoms with Gasteiger partial charge in [-0.05, 0) is 51.4 Å². The van der Waals surface area contributed by atoms with Gasteiger partial charge in [-0.1, -0.05) is 6.92 Å². The largest absolute Gasteiger partial charge is 0.383 e. The van der Waals surface area contributed by atoms with E-state index in [0.29, 0.717) is 5.41 Å². The summed E-state index contributed by atoms with van der Waals surface area (Å²) in [6, 6.07) is 0. The number of nitrogens with one attached hydrogen (secondary N) is 1. The Balaban J connectivity index is 2.28. The average molecular weight is 257 g/mol. The summed E-state index contributed by atoms with van der Waals surface area (Å²) in [6.45, 7) is 12.4. The lowest BCUT2D eigenvalue weighted by atomic mass is 9.81. The fraction of sp³-hybridized carbons (Fsp3) is 1.00. The van der Waals surface area contributed by atoms with Crippen LogP contribution in [0.15, 0.2) is 0 Å². The van der Waals surface area contributed by atoms with Gasteiger partial charge in [-0.3, -0.25) is 0 Å². The third-order valence-corrected chi connectivity index (χ3v) is 3.78. The zero-order chi connectivity index (χ0) is 13.6. The molecule has 0 aromatic rings. The van der Waals surface area contributed by atoms with Crippen molar-refractivity contribution in [3.05, 3.63) is 0 Å². The minimum atomic E-state index is -0.0199. The molecular weight excluding hydrogens is 226 g/mol. The molecule has 1 fully saturated rings. The van der Waals surface area contributed by atoms with Crippen molar-refractivity contribution < 1.29 is 9.47 Å². The van der Waals surface area contributed by atoms with Crippen LogP contribution in [0.2, 0.25) is 0 Å². The van der Waals surface area contributed by atoms with Crippen LogP contribution in [-0.2, 0) is 9.47 Å². The summed E-state index contributed by atoms with van der Waals surface area (Å²) in [7, 11) is 1.75. The summed E-state index contributed by atoms with van der Waals surface area (Å²) in [6.07, 6.45) is 3.92. The van der Waals surface area contributed by atoms with Gasteiger partial charge in [-0.15, -0.1) is 0 Å². The van der Waals surface area contributed by atoms with Crippen molar-refractivity contribution in [1.82, 2.24) is 5.32 Å². The highest BCUT2D eigenvalue weighted by Crippen LogP contribution is 2.47. The van der Waals surface area contributed by atoms with Gasteiger partial charge in [0, 0.05) is 26.8 Å². The zero-order valence-corrected chi connectivity index (χ0v) is 12.8. The normalized spacial score (nSPS) is 19.8. The van der Waals surface area contributed by atoms with Crippen molar-refractivity contribution in [3.8, 4) is 0 Å². The van der Waals surface area contributed by atoms with Crippen molar-refractivity contribution in [2.75, 3.05) is 33.4 Å². The van der Waals surface area contributed by atoms with Crippen molar-refractivity contribution in [2.24, 2.45) is 11.3 Å². The summed E-state index contributed by atoms with van der Waals surface area (Å²) < 4.78 is 10.9. The maximum absolute atomic E-state index is 5.88. The lowest BCUT2D eigenvalue weighted by Gasteiger charge is -2.31. The Kier molecular flexibility index (Phi) is 6.09. The van der Waals surface area contributed by atoms with Crippen LogP contribution in [-0.4, -0.2) is 39.0 Å². The molecular formula is C15H31NO2. The molecule has 0 aromatic heterocycles. The van der Waals surface area contributed by atoms with Gasteiger partial charge in [0.2, 0.25) is 0 Å². The van der Waals surface area contributed by atoms with E-state index in [-0.39, 0.29) is 5.60 Å². The summed E-state index contributed by atoms with van der Waals surface area (Å²) in [5.74, 6) is 0.885. The van der Waals surface area contributed by atoms with Gasteiger partial charge < -0.3 is 14.8 Å². The quantitative estimate of drug-likeness (QED) is 0.644. The highest BCUT2D eigenvalue weighted by atomic mass is 16.5. The molecule has 0 amide bonds. The first kappa shape index (κ1) is 15.9. The molecule has 108 valence electrons. The molecule has 0 bridgehead atoms. The molecule has 1 aliphatic rings. The maximum Gasteiger partial charge on any atom is 0.0598 e.